The lowest BCUT2D eigenvalue weighted by Gasteiger charge is -2.27. The predicted octanol–water partition coefficient (Wildman–Crippen LogP) is 4.21. The summed E-state index contributed by atoms with van der Waals surface area (Å²) >= 11 is 6.01. The van der Waals surface area contributed by atoms with Crippen LogP contribution in [-0.4, -0.2) is 53.9 Å². The van der Waals surface area contributed by atoms with Gasteiger partial charge in [0.2, 0.25) is 11.8 Å². The van der Waals surface area contributed by atoms with Crippen molar-refractivity contribution < 1.29 is 37.1 Å². The zero-order valence-corrected chi connectivity index (χ0v) is 24.2. The molecule has 2 aromatic carbocycles. The molecule has 13 heteroatoms. The van der Waals surface area contributed by atoms with E-state index in [1.807, 2.05) is 0 Å². The number of amides is 3. The quantitative estimate of drug-likeness (QED) is 0.279. The Morgan fingerprint density at radius 2 is 1.63 bits per heavy atom. The van der Waals surface area contributed by atoms with Gasteiger partial charge in [-0.15, -0.1) is 0 Å². The molecule has 3 atom stereocenters. The van der Waals surface area contributed by atoms with Crippen molar-refractivity contribution in [3.63, 3.8) is 0 Å². The lowest BCUT2D eigenvalue weighted by Crippen LogP contribution is -2.55. The van der Waals surface area contributed by atoms with Crippen molar-refractivity contribution in [2.45, 2.75) is 44.6 Å². The zero-order chi connectivity index (χ0) is 31.7. The van der Waals surface area contributed by atoms with Crippen molar-refractivity contribution in [2.24, 2.45) is 5.92 Å². The van der Waals surface area contributed by atoms with Gasteiger partial charge in [-0.3, -0.25) is 24.2 Å². The average molecular weight is 619 g/mol. The van der Waals surface area contributed by atoms with E-state index < -0.39 is 53.7 Å². The van der Waals surface area contributed by atoms with E-state index >= 15 is 0 Å². The maximum atomic E-state index is 13.7. The summed E-state index contributed by atoms with van der Waals surface area (Å²) < 4.78 is 45.0. The van der Waals surface area contributed by atoms with Crippen LogP contribution < -0.4 is 20.7 Å². The lowest BCUT2D eigenvalue weighted by atomic mass is 9.97. The standard InChI is InChI=1S/C30H30ClF3N4O5/c1-17(2)24(26(39)30(32,33)34)37-29(42)25(19-9-11-22(43-3)12-10-19)38-28(41)23(14-18-6-5-13-35-16-18)36-27(40)20-7-4-8-21(31)15-20/h4-13,15-17,23-25H,14H2,1-3H3,(H,36,40)(H,37,42)(H,38,41). The second-order valence-corrected chi connectivity index (χ2v) is 10.3. The van der Waals surface area contributed by atoms with Crippen LogP contribution in [0.5, 0.6) is 5.75 Å². The first-order chi connectivity index (χ1) is 20.3. The average Bonchev–Trinajstić information content (AvgIpc) is 2.97. The molecule has 3 amide bonds. The molecule has 0 aliphatic rings. The van der Waals surface area contributed by atoms with Crippen LogP contribution in [0.4, 0.5) is 13.2 Å². The van der Waals surface area contributed by atoms with Crippen LogP contribution in [0.3, 0.4) is 0 Å². The van der Waals surface area contributed by atoms with Crippen LogP contribution in [0, 0.1) is 5.92 Å². The summed E-state index contributed by atoms with van der Waals surface area (Å²) in [6.45, 7) is 2.70. The Bertz CT molecular complexity index is 1440. The van der Waals surface area contributed by atoms with Crippen LogP contribution in [0.15, 0.2) is 73.1 Å². The maximum Gasteiger partial charge on any atom is 0.452 e. The van der Waals surface area contributed by atoms with Gasteiger partial charge in [0.1, 0.15) is 17.8 Å². The molecule has 0 bridgehead atoms. The number of benzene rings is 2. The third-order valence-corrected chi connectivity index (χ3v) is 6.63. The van der Waals surface area contributed by atoms with Gasteiger partial charge in [0.25, 0.3) is 11.7 Å². The van der Waals surface area contributed by atoms with Crippen molar-refractivity contribution in [1.29, 1.82) is 0 Å². The van der Waals surface area contributed by atoms with Crippen LogP contribution in [-0.2, 0) is 20.8 Å². The molecule has 0 radical (unpaired) electrons. The lowest BCUT2D eigenvalue weighted by molar-refractivity contribution is -0.175. The van der Waals surface area contributed by atoms with Gasteiger partial charge in [0.15, 0.2) is 0 Å². The van der Waals surface area contributed by atoms with E-state index in [1.54, 1.807) is 24.3 Å². The molecule has 9 nitrogen and oxygen atoms in total. The van der Waals surface area contributed by atoms with Gasteiger partial charge in [-0.05, 0) is 53.4 Å². The SMILES string of the molecule is COc1ccc(C(NC(=O)C(Cc2cccnc2)NC(=O)c2cccc(Cl)c2)C(=O)NC(C(=O)C(F)(F)F)C(C)C)cc1. The van der Waals surface area contributed by atoms with Gasteiger partial charge in [-0.2, -0.15) is 13.2 Å². The minimum absolute atomic E-state index is 0.0376. The van der Waals surface area contributed by atoms with E-state index in [0.717, 1.165) is 0 Å². The molecule has 3 unspecified atom stereocenters. The number of nitrogens with zero attached hydrogens (tertiary/aromatic N) is 1. The summed E-state index contributed by atoms with van der Waals surface area (Å²) in [4.78, 5) is 56.3. The first kappa shape index (κ1) is 33.1. The van der Waals surface area contributed by atoms with Gasteiger partial charge in [0, 0.05) is 29.4 Å². The van der Waals surface area contributed by atoms with E-state index in [4.69, 9.17) is 16.3 Å². The largest absolute Gasteiger partial charge is 0.497 e. The second kappa shape index (κ2) is 14.6. The Balaban J connectivity index is 1.95. The van der Waals surface area contributed by atoms with Crippen LogP contribution in [0.25, 0.3) is 0 Å². The summed E-state index contributed by atoms with van der Waals surface area (Å²) in [7, 11) is 1.42. The Morgan fingerprint density at radius 1 is 0.930 bits per heavy atom. The first-order valence-corrected chi connectivity index (χ1v) is 13.5. The number of alkyl halides is 3. The van der Waals surface area contributed by atoms with Crippen molar-refractivity contribution in [3.8, 4) is 5.75 Å². The highest BCUT2D eigenvalue weighted by atomic mass is 35.5. The molecular weight excluding hydrogens is 589 g/mol. The molecule has 0 fully saturated rings. The van der Waals surface area contributed by atoms with Crippen molar-refractivity contribution in [1.82, 2.24) is 20.9 Å². The van der Waals surface area contributed by atoms with Crippen molar-refractivity contribution in [2.75, 3.05) is 7.11 Å². The third kappa shape index (κ3) is 9.27. The zero-order valence-electron chi connectivity index (χ0n) is 23.4. The van der Waals surface area contributed by atoms with Gasteiger partial charge < -0.3 is 20.7 Å². The highest BCUT2D eigenvalue weighted by Crippen LogP contribution is 2.23. The van der Waals surface area contributed by atoms with Gasteiger partial charge in [0.05, 0.1) is 13.2 Å². The predicted molar refractivity (Wildman–Crippen MR) is 152 cm³/mol. The number of nitrogens with one attached hydrogen (secondary N) is 3. The van der Waals surface area contributed by atoms with Crippen molar-refractivity contribution >= 4 is 35.1 Å². The van der Waals surface area contributed by atoms with Crippen LogP contribution >= 0.6 is 11.6 Å². The molecule has 0 aliphatic heterocycles. The molecule has 0 saturated heterocycles. The minimum atomic E-state index is -5.19. The number of ketones is 1. The molecule has 3 rings (SSSR count). The number of methoxy groups -OCH3 is 1. The van der Waals surface area contributed by atoms with Gasteiger partial charge in [-0.1, -0.05) is 49.7 Å². The molecule has 0 spiro atoms. The number of halogens is 4. The number of pyridine rings is 1. The number of carbonyl (C=O) groups excluding carboxylic acids is 4. The van der Waals surface area contributed by atoms with E-state index in [9.17, 15) is 32.3 Å². The fraction of sp³-hybridized carbons (Fsp3) is 0.300. The Labute approximate surface area is 251 Å². The highest BCUT2D eigenvalue weighted by molar-refractivity contribution is 6.31. The molecule has 1 heterocycles. The van der Waals surface area contributed by atoms with E-state index in [1.165, 1.54) is 69.7 Å². The molecule has 1 aromatic heterocycles. The van der Waals surface area contributed by atoms with E-state index in [-0.39, 0.29) is 17.5 Å². The molecular formula is C30H30ClF3N4O5. The number of Topliss-reactive ketones (excluding diaryl/α,β-unsaturated/α-hetero) is 1. The number of ether oxygens (including phenoxy) is 1. The summed E-state index contributed by atoms with van der Waals surface area (Å²) in [5.74, 6) is -5.13. The fourth-order valence-corrected chi connectivity index (χ4v) is 4.31. The monoisotopic (exact) mass is 618 g/mol. The summed E-state index contributed by atoms with van der Waals surface area (Å²) in [6.07, 6.45) is -2.21. The van der Waals surface area contributed by atoms with Gasteiger partial charge in [-0.25, -0.2) is 0 Å². The number of carbonyl (C=O) groups is 4. The van der Waals surface area contributed by atoms with Crippen LogP contribution in [0.1, 0.15) is 41.4 Å². The Hall–Kier alpha value is -4.45. The Kier molecular flexibility index (Phi) is 11.2. The number of rotatable bonds is 12. The molecule has 228 valence electrons. The van der Waals surface area contributed by atoms with Crippen LogP contribution in [0.2, 0.25) is 5.02 Å². The molecule has 0 aliphatic carbocycles. The normalized spacial score (nSPS) is 13.4. The smallest absolute Gasteiger partial charge is 0.452 e. The fourth-order valence-electron chi connectivity index (χ4n) is 4.12. The summed E-state index contributed by atoms with van der Waals surface area (Å²) in [5, 5.41) is 7.61. The van der Waals surface area contributed by atoms with E-state index in [2.05, 4.69) is 20.9 Å². The topological polar surface area (TPSA) is 126 Å². The summed E-state index contributed by atoms with van der Waals surface area (Å²) in [5.41, 5.74) is 0.941. The third-order valence-electron chi connectivity index (χ3n) is 6.40. The maximum absolute atomic E-state index is 13.7. The molecule has 3 aromatic rings. The van der Waals surface area contributed by atoms with E-state index in [0.29, 0.717) is 16.3 Å². The highest BCUT2D eigenvalue weighted by Gasteiger charge is 2.45. The number of hydrogen-bond donors (Lipinski definition) is 3. The first-order valence-electron chi connectivity index (χ1n) is 13.1. The van der Waals surface area contributed by atoms with Gasteiger partial charge >= 0.3 is 6.18 Å². The summed E-state index contributed by atoms with van der Waals surface area (Å²) in [6, 6.07) is 10.6. The molecule has 3 N–H and O–H groups in total. The molecule has 0 saturated carbocycles. The number of hydrogen-bond acceptors (Lipinski definition) is 6. The van der Waals surface area contributed by atoms with Crippen molar-refractivity contribution in [3.05, 3.63) is 94.8 Å². The second-order valence-electron chi connectivity index (χ2n) is 9.91. The number of aromatic nitrogens is 1. The molecule has 43 heavy (non-hydrogen) atoms. The Morgan fingerprint density at radius 3 is 2.19 bits per heavy atom. The minimum Gasteiger partial charge on any atom is -0.497 e.